The molecule has 2 amide bonds. The first-order valence-electron chi connectivity index (χ1n) is 8.39. The minimum absolute atomic E-state index is 0.0715. The van der Waals surface area contributed by atoms with Crippen LogP contribution in [0.3, 0.4) is 0 Å². The van der Waals surface area contributed by atoms with Crippen LogP contribution in [0.4, 0.5) is 5.82 Å². The molecule has 0 aliphatic carbocycles. The number of benzene rings is 1. The molecule has 130 valence electrons. The van der Waals surface area contributed by atoms with Gasteiger partial charge in [-0.1, -0.05) is 30.3 Å². The predicted molar refractivity (Wildman–Crippen MR) is 97.1 cm³/mol. The molecule has 0 unspecified atom stereocenters. The minimum Gasteiger partial charge on any atom is -0.315 e. The van der Waals surface area contributed by atoms with Crippen molar-refractivity contribution in [3.05, 3.63) is 48.2 Å². The van der Waals surface area contributed by atoms with Gasteiger partial charge in [0.05, 0.1) is 11.4 Å². The van der Waals surface area contributed by atoms with Crippen LogP contribution >= 0.6 is 11.8 Å². The smallest absolute Gasteiger partial charge is 0.249 e. The van der Waals surface area contributed by atoms with E-state index in [9.17, 15) is 9.59 Å². The summed E-state index contributed by atoms with van der Waals surface area (Å²) >= 11 is 1.69. The molecule has 3 heterocycles. The molecule has 1 aromatic carbocycles. The average molecular weight is 356 g/mol. The number of anilines is 1. The first kappa shape index (κ1) is 16.2. The molecule has 2 fully saturated rings. The second kappa shape index (κ2) is 6.22. The number of amides is 2. The molecule has 2 atom stereocenters. The highest BCUT2D eigenvalue weighted by Crippen LogP contribution is 2.47. The molecule has 2 aromatic rings. The lowest BCUT2D eigenvalue weighted by Gasteiger charge is -2.29. The average Bonchev–Trinajstić information content (AvgIpc) is 3.25. The fourth-order valence-electron chi connectivity index (χ4n) is 3.51. The summed E-state index contributed by atoms with van der Waals surface area (Å²) in [5.41, 5.74) is 1.15. The van der Waals surface area contributed by atoms with Gasteiger partial charge < -0.3 is 10.2 Å². The Labute approximate surface area is 150 Å². The second-order valence-corrected chi connectivity index (χ2v) is 8.14. The van der Waals surface area contributed by atoms with Gasteiger partial charge in [-0.25, -0.2) is 0 Å². The summed E-state index contributed by atoms with van der Waals surface area (Å²) in [6.45, 7) is 2.70. The van der Waals surface area contributed by atoms with Crippen molar-refractivity contribution in [3.63, 3.8) is 0 Å². The van der Waals surface area contributed by atoms with Gasteiger partial charge in [-0.05, 0) is 18.9 Å². The van der Waals surface area contributed by atoms with Crippen LogP contribution < -0.4 is 5.32 Å². The van der Waals surface area contributed by atoms with Crippen LogP contribution in [-0.4, -0.2) is 43.2 Å². The molecule has 25 heavy (non-hydrogen) atoms. The minimum atomic E-state index is -0.413. The van der Waals surface area contributed by atoms with E-state index in [4.69, 9.17) is 0 Å². The summed E-state index contributed by atoms with van der Waals surface area (Å²) in [4.78, 5) is 26.3. The van der Waals surface area contributed by atoms with Gasteiger partial charge in [0.25, 0.3) is 0 Å². The van der Waals surface area contributed by atoms with Crippen molar-refractivity contribution in [2.24, 2.45) is 0 Å². The first-order chi connectivity index (χ1) is 12.0. The van der Waals surface area contributed by atoms with Crippen molar-refractivity contribution in [1.29, 1.82) is 0 Å². The van der Waals surface area contributed by atoms with E-state index in [1.54, 1.807) is 27.4 Å². The molecular formula is C18H20N4O2S. The third-order valence-corrected chi connectivity index (χ3v) is 6.33. The van der Waals surface area contributed by atoms with Crippen LogP contribution in [0.5, 0.6) is 0 Å². The van der Waals surface area contributed by atoms with Crippen molar-refractivity contribution in [3.8, 4) is 0 Å². The molecule has 2 saturated heterocycles. The predicted octanol–water partition coefficient (Wildman–Crippen LogP) is 2.32. The van der Waals surface area contributed by atoms with Crippen LogP contribution in [0.2, 0.25) is 0 Å². The number of nitrogens with one attached hydrogen (secondary N) is 1. The molecule has 6 nitrogen and oxygen atoms in total. The quantitative estimate of drug-likeness (QED) is 0.913. The van der Waals surface area contributed by atoms with Crippen LogP contribution in [0.25, 0.3) is 0 Å². The largest absolute Gasteiger partial charge is 0.315 e. The van der Waals surface area contributed by atoms with Gasteiger partial charge in [0, 0.05) is 24.4 Å². The van der Waals surface area contributed by atoms with E-state index in [0.717, 1.165) is 12.0 Å². The van der Waals surface area contributed by atoms with Crippen molar-refractivity contribution >= 4 is 29.4 Å². The number of fused-ring (bicyclic) bond motifs is 1. The number of rotatable bonds is 4. The third kappa shape index (κ3) is 3.04. The van der Waals surface area contributed by atoms with E-state index in [1.807, 2.05) is 43.5 Å². The number of hydrogen-bond acceptors (Lipinski definition) is 4. The Kier molecular flexibility index (Phi) is 4.03. The fraction of sp³-hybridized carbons (Fsp3) is 0.389. The van der Waals surface area contributed by atoms with Gasteiger partial charge in [0.2, 0.25) is 11.8 Å². The molecule has 0 bridgehead atoms. The molecule has 0 saturated carbocycles. The van der Waals surface area contributed by atoms with Gasteiger partial charge in [0.1, 0.15) is 6.04 Å². The van der Waals surface area contributed by atoms with Gasteiger partial charge >= 0.3 is 0 Å². The normalized spacial score (nSPS) is 25.2. The fourth-order valence-corrected chi connectivity index (χ4v) is 4.94. The molecule has 4 rings (SSSR count). The number of thioether (sulfide) groups is 1. The monoisotopic (exact) mass is 356 g/mol. The number of hydrogen-bond donors (Lipinski definition) is 1. The van der Waals surface area contributed by atoms with E-state index < -0.39 is 6.04 Å². The van der Waals surface area contributed by atoms with Crippen molar-refractivity contribution in [2.45, 2.75) is 37.2 Å². The lowest BCUT2D eigenvalue weighted by molar-refractivity contribution is -0.135. The van der Waals surface area contributed by atoms with Gasteiger partial charge in [-0.3, -0.25) is 14.3 Å². The second-order valence-electron chi connectivity index (χ2n) is 6.64. The van der Waals surface area contributed by atoms with E-state index >= 15 is 0 Å². The Morgan fingerprint density at radius 3 is 2.96 bits per heavy atom. The molecule has 0 radical (unpaired) electrons. The summed E-state index contributed by atoms with van der Waals surface area (Å²) < 4.78 is 1.79. The maximum Gasteiger partial charge on any atom is 0.249 e. The SMILES string of the molecule is C[C@@]12CCC(=O)N1[C@H](C(=O)Nc1ccn(Cc3ccccc3)n1)CS2. The number of carbonyl (C=O) groups excluding carboxylic acids is 2. The molecule has 1 N–H and O–H groups in total. The zero-order valence-corrected chi connectivity index (χ0v) is 14.8. The molecule has 2 aliphatic rings. The van der Waals surface area contributed by atoms with Gasteiger partial charge in [-0.2, -0.15) is 5.10 Å². The lowest BCUT2D eigenvalue weighted by atomic mass is 10.2. The Morgan fingerprint density at radius 2 is 2.16 bits per heavy atom. The topological polar surface area (TPSA) is 67.2 Å². The van der Waals surface area contributed by atoms with Crippen LogP contribution in [0.1, 0.15) is 25.3 Å². The van der Waals surface area contributed by atoms with Crippen molar-refractivity contribution < 1.29 is 9.59 Å². The summed E-state index contributed by atoms with van der Waals surface area (Å²) in [6, 6.07) is 11.4. The van der Waals surface area contributed by atoms with E-state index in [2.05, 4.69) is 10.4 Å². The highest BCUT2D eigenvalue weighted by atomic mass is 32.2. The number of aromatic nitrogens is 2. The summed E-state index contributed by atoms with van der Waals surface area (Å²) in [5.74, 6) is 1.07. The molecule has 2 aliphatic heterocycles. The van der Waals surface area contributed by atoms with Crippen LogP contribution in [0, 0.1) is 0 Å². The zero-order valence-electron chi connectivity index (χ0n) is 14.0. The van der Waals surface area contributed by atoms with Gasteiger partial charge in [0.15, 0.2) is 5.82 Å². The third-order valence-electron chi connectivity index (χ3n) is 4.83. The number of carbonyl (C=O) groups is 2. The van der Waals surface area contributed by atoms with E-state index in [1.165, 1.54) is 0 Å². The first-order valence-corrected chi connectivity index (χ1v) is 9.38. The van der Waals surface area contributed by atoms with E-state index in [-0.39, 0.29) is 16.7 Å². The molecule has 1 aromatic heterocycles. The van der Waals surface area contributed by atoms with Gasteiger partial charge in [-0.15, -0.1) is 11.8 Å². The highest BCUT2D eigenvalue weighted by molar-refractivity contribution is 8.01. The maximum absolute atomic E-state index is 12.6. The van der Waals surface area contributed by atoms with Crippen LogP contribution in [0.15, 0.2) is 42.6 Å². The summed E-state index contributed by atoms with van der Waals surface area (Å²) in [7, 11) is 0. The highest BCUT2D eigenvalue weighted by Gasteiger charge is 2.52. The van der Waals surface area contributed by atoms with Crippen molar-refractivity contribution in [2.75, 3.05) is 11.1 Å². The van der Waals surface area contributed by atoms with Crippen molar-refractivity contribution in [1.82, 2.24) is 14.7 Å². The standard InChI is InChI=1S/C18H20N4O2S/c1-18-9-7-16(23)22(18)14(12-25-18)17(24)19-15-8-10-21(20-15)11-13-5-3-2-4-6-13/h2-6,8,10,14H,7,9,11-12H2,1H3,(H,19,20,24)/t14-,18+/m0/s1. The zero-order chi connectivity index (χ0) is 17.4. The summed E-state index contributed by atoms with van der Waals surface area (Å²) in [5, 5.41) is 7.28. The van der Waals surface area contributed by atoms with Crippen LogP contribution in [-0.2, 0) is 16.1 Å². The molecule has 7 heteroatoms. The lowest BCUT2D eigenvalue weighted by Crippen LogP contribution is -2.48. The van der Waals surface area contributed by atoms with E-state index in [0.29, 0.717) is 24.5 Å². The maximum atomic E-state index is 12.6. The Hall–Kier alpha value is -2.28. The Bertz CT molecular complexity index is 806. The Morgan fingerprint density at radius 1 is 1.36 bits per heavy atom. The molecular weight excluding hydrogens is 336 g/mol. The Balaban J connectivity index is 1.43. The number of nitrogens with zero attached hydrogens (tertiary/aromatic N) is 3. The molecule has 0 spiro atoms. The summed E-state index contributed by atoms with van der Waals surface area (Å²) in [6.07, 6.45) is 3.18.